The van der Waals surface area contributed by atoms with E-state index in [0.29, 0.717) is 4.47 Å². The van der Waals surface area contributed by atoms with E-state index >= 15 is 0 Å². The Morgan fingerprint density at radius 1 is 1.47 bits per heavy atom. The number of carboxylic acids is 1. The molecule has 5 nitrogen and oxygen atoms in total. The molecule has 0 spiro atoms. The molecule has 1 atom stereocenters. The number of benzene rings is 1. The number of carbonyl (C=O) groups is 2. The van der Waals surface area contributed by atoms with Gasteiger partial charge >= 0.3 is 5.97 Å². The normalized spacial score (nSPS) is 11.9. The van der Waals surface area contributed by atoms with Gasteiger partial charge < -0.3 is 15.5 Å². The number of carbonyl (C=O) groups excluding carboxylic acids is 1. The second kappa shape index (κ2) is 6.00. The molecule has 17 heavy (non-hydrogen) atoms. The first-order valence-electron chi connectivity index (χ1n) is 4.56. The molecular formula is C10H9BrClNO4. The lowest BCUT2D eigenvalue weighted by atomic mass is 10.2. The second-order valence-corrected chi connectivity index (χ2v) is 4.40. The summed E-state index contributed by atoms with van der Waals surface area (Å²) in [5, 5.41) is 19.9. The number of aliphatic hydroxyl groups excluding tert-OH is 1. The van der Waals surface area contributed by atoms with Gasteiger partial charge in [0.25, 0.3) is 5.91 Å². The molecule has 1 aromatic rings. The van der Waals surface area contributed by atoms with Crippen LogP contribution in [-0.2, 0) is 4.79 Å². The van der Waals surface area contributed by atoms with E-state index in [-0.39, 0.29) is 17.1 Å². The third-order valence-corrected chi connectivity index (χ3v) is 3.23. The average molecular weight is 323 g/mol. The van der Waals surface area contributed by atoms with Gasteiger partial charge in [-0.2, -0.15) is 0 Å². The van der Waals surface area contributed by atoms with Crippen molar-refractivity contribution >= 4 is 39.4 Å². The van der Waals surface area contributed by atoms with Gasteiger partial charge in [-0.15, -0.1) is 0 Å². The highest BCUT2D eigenvalue weighted by Crippen LogP contribution is 2.25. The van der Waals surface area contributed by atoms with E-state index in [0.717, 1.165) is 0 Å². The number of amides is 1. The van der Waals surface area contributed by atoms with Crippen LogP contribution in [-0.4, -0.2) is 34.7 Å². The minimum Gasteiger partial charge on any atom is -0.479 e. The molecule has 0 unspecified atom stereocenters. The maximum absolute atomic E-state index is 11.6. The van der Waals surface area contributed by atoms with Crippen molar-refractivity contribution in [3.63, 3.8) is 0 Å². The molecule has 0 saturated carbocycles. The Balaban J connectivity index is 2.71. The second-order valence-electron chi connectivity index (χ2n) is 3.17. The number of aliphatic hydroxyl groups is 1. The van der Waals surface area contributed by atoms with Gasteiger partial charge in [0.05, 0.1) is 17.1 Å². The number of hydrogen-bond donors (Lipinski definition) is 3. The van der Waals surface area contributed by atoms with Crippen LogP contribution in [0.25, 0.3) is 0 Å². The Labute approximate surface area is 111 Å². The molecule has 0 aliphatic carbocycles. The number of aliphatic carboxylic acids is 1. The molecule has 1 amide bonds. The Bertz CT molecular complexity index is 452. The van der Waals surface area contributed by atoms with Crippen molar-refractivity contribution in [2.45, 2.75) is 6.10 Å². The summed E-state index contributed by atoms with van der Waals surface area (Å²) in [6.45, 7) is -0.378. The molecule has 0 fully saturated rings. The molecule has 0 aromatic heterocycles. The summed E-state index contributed by atoms with van der Waals surface area (Å²) in [5.74, 6) is -1.94. The first kappa shape index (κ1) is 14.0. The van der Waals surface area contributed by atoms with E-state index in [1.807, 2.05) is 0 Å². The number of halogens is 2. The van der Waals surface area contributed by atoms with E-state index in [1.165, 1.54) is 6.07 Å². The van der Waals surface area contributed by atoms with Crippen LogP contribution in [0, 0.1) is 0 Å². The van der Waals surface area contributed by atoms with Crippen molar-refractivity contribution in [3.05, 3.63) is 33.3 Å². The van der Waals surface area contributed by atoms with Crippen LogP contribution >= 0.6 is 27.5 Å². The van der Waals surface area contributed by atoms with E-state index in [9.17, 15) is 9.59 Å². The quantitative estimate of drug-likeness (QED) is 0.779. The zero-order valence-electron chi connectivity index (χ0n) is 8.48. The smallest absolute Gasteiger partial charge is 0.334 e. The van der Waals surface area contributed by atoms with Gasteiger partial charge in [0.2, 0.25) is 0 Å². The fourth-order valence-electron chi connectivity index (χ4n) is 1.05. The van der Waals surface area contributed by atoms with Crippen molar-refractivity contribution in [1.29, 1.82) is 0 Å². The summed E-state index contributed by atoms with van der Waals surface area (Å²) in [4.78, 5) is 22.0. The monoisotopic (exact) mass is 321 g/mol. The maximum atomic E-state index is 11.6. The molecule has 3 N–H and O–H groups in total. The number of nitrogens with one attached hydrogen (secondary N) is 1. The number of carboxylic acid groups (broad SMARTS) is 1. The minimum absolute atomic E-state index is 0.207. The largest absolute Gasteiger partial charge is 0.479 e. The molecule has 0 radical (unpaired) electrons. The summed E-state index contributed by atoms with van der Waals surface area (Å²) in [6.07, 6.45) is -1.63. The lowest BCUT2D eigenvalue weighted by Crippen LogP contribution is -2.36. The van der Waals surface area contributed by atoms with Crippen molar-refractivity contribution in [2.75, 3.05) is 6.54 Å². The lowest BCUT2D eigenvalue weighted by Gasteiger charge is -2.09. The van der Waals surface area contributed by atoms with Crippen molar-refractivity contribution < 1.29 is 19.8 Å². The Hall–Kier alpha value is -1.11. The predicted molar refractivity (Wildman–Crippen MR) is 65.1 cm³/mol. The predicted octanol–water partition coefficient (Wildman–Crippen LogP) is 1.28. The zero-order chi connectivity index (χ0) is 13.0. The van der Waals surface area contributed by atoms with Crippen LogP contribution < -0.4 is 5.32 Å². The van der Waals surface area contributed by atoms with E-state index in [2.05, 4.69) is 21.2 Å². The molecule has 92 valence electrons. The lowest BCUT2D eigenvalue weighted by molar-refractivity contribution is -0.146. The summed E-state index contributed by atoms with van der Waals surface area (Å²) in [7, 11) is 0. The maximum Gasteiger partial charge on any atom is 0.334 e. The van der Waals surface area contributed by atoms with Gasteiger partial charge in [-0.3, -0.25) is 4.79 Å². The van der Waals surface area contributed by atoms with Crippen molar-refractivity contribution in [3.8, 4) is 0 Å². The van der Waals surface area contributed by atoms with Gasteiger partial charge in [-0.25, -0.2) is 4.79 Å². The Kier molecular flexibility index (Phi) is 4.92. The molecule has 0 bridgehead atoms. The fourth-order valence-corrected chi connectivity index (χ4v) is 1.63. The molecule has 0 aliphatic heterocycles. The van der Waals surface area contributed by atoms with Crippen molar-refractivity contribution in [1.82, 2.24) is 5.32 Å². The fraction of sp³-hybridized carbons (Fsp3) is 0.200. The molecule has 1 rings (SSSR count). The molecule has 0 heterocycles. The third-order valence-electron chi connectivity index (χ3n) is 1.94. The van der Waals surface area contributed by atoms with Gasteiger partial charge in [-0.1, -0.05) is 17.7 Å². The van der Waals surface area contributed by atoms with Gasteiger partial charge in [-0.05, 0) is 28.1 Å². The van der Waals surface area contributed by atoms with Crippen LogP contribution in [0.1, 0.15) is 10.4 Å². The highest BCUT2D eigenvalue weighted by molar-refractivity contribution is 9.10. The first-order valence-corrected chi connectivity index (χ1v) is 5.73. The van der Waals surface area contributed by atoms with Crippen LogP contribution in [0.15, 0.2) is 22.7 Å². The third kappa shape index (κ3) is 3.69. The highest BCUT2D eigenvalue weighted by Gasteiger charge is 2.16. The van der Waals surface area contributed by atoms with Crippen LogP contribution in [0.2, 0.25) is 5.02 Å². The molecular weight excluding hydrogens is 313 g/mol. The standard InChI is InChI=1S/C10H9BrClNO4/c11-6-3-1-2-5(8(6)12)9(15)13-4-7(14)10(16)17/h1-3,7,14H,4H2,(H,13,15)(H,16,17)/t7-/m0/s1. The summed E-state index contributed by atoms with van der Waals surface area (Å²) >= 11 is 9.04. The molecule has 0 saturated heterocycles. The van der Waals surface area contributed by atoms with Crippen molar-refractivity contribution in [2.24, 2.45) is 0 Å². The van der Waals surface area contributed by atoms with Gasteiger partial charge in [0, 0.05) is 4.47 Å². The zero-order valence-corrected chi connectivity index (χ0v) is 10.8. The Morgan fingerprint density at radius 3 is 2.71 bits per heavy atom. The number of hydrogen-bond acceptors (Lipinski definition) is 3. The van der Waals surface area contributed by atoms with Gasteiger partial charge in [0.1, 0.15) is 0 Å². The highest BCUT2D eigenvalue weighted by atomic mass is 79.9. The summed E-state index contributed by atoms with van der Waals surface area (Å²) in [6, 6.07) is 4.79. The SMILES string of the molecule is O=C(NC[C@H](O)C(=O)O)c1cccc(Br)c1Cl. The van der Waals surface area contributed by atoms with Crippen LogP contribution in [0.5, 0.6) is 0 Å². The summed E-state index contributed by atoms with van der Waals surface area (Å²) in [5.41, 5.74) is 0.207. The molecule has 7 heteroatoms. The molecule has 0 aliphatic rings. The van der Waals surface area contributed by atoms with Crippen LogP contribution in [0.4, 0.5) is 0 Å². The minimum atomic E-state index is -1.63. The average Bonchev–Trinajstić information content (AvgIpc) is 2.29. The van der Waals surface area contributed by atoms with Crippen LogP contribution in [0.3, 0.4) is 0 Å². The summed E-state index contributed by atoms with van der Waals surface area (Å²) < 4.78 is 0.561. The molecule has 1 aromatic carbocycles. The number of rotatable bonds is 4. The topological polar surface area (TPSA) is 86.6 Å². The van der Waals surface area contributed by atoms with E-state index in [4.69, 9.17) is 21.8 Å². The van der Waals surface area contributed by atoms with E-state index < -0.39 is 18.0 Å². The van der Waals surface area contributed by atoms with Gasteiger partial charge in [0.15, 0.2) is 6.10 Å². The first-order chi connectivity index (χ1) is 7.93. The Morgan fingerprint density at radius 2 is 2.12 bits per heavy atom. The van der Waals surface area contributed by atoms with E-state index in [1.54, 1.807) is 12.1 Å².